The van der Waals surface area contributed by atoms with E-state index in [9.17, 15) is 4.79 Å². The Bertz CT molecular complexity index is 217. The Balaban J connectivity index is 2.37. The van der Waals surface area contributed by atoms with Crippen molar-refractivity contribution >= 4 is 17.7 Å². The Morgan fingerprint density at radius 3 is 2.65 bits per heavy atom. The largest absolute Gasteiger partial charge is 0.301 e. The Hall–Kier alpha value is -0.0600. The first-order valence-electron chi connectivity index (χ1n) is 6.81. The molecule has 0 saturated carbocycles. The van der Waals surface area contributed by atoms with Gasteiger partial charge in [0.2, 0.25) is 0 Å². The van der Waals surface area contributed by atoms with Gasteiger partial charge in [0.1, 0.15) is 0 Å². The Morgan fingerprint density at radius 2 is 2.06 bits per heavy atom. The minimum absolute atomic E-state index is 0.0228. The van der Waals surface area contributed by atoms with E-state index in [4.69, 9.17) is 0 Å². The molecular weight excluding hydrogens is 232 g/mol. The van der Waals surface area contributed by atoms with E-state index in [1.807, 2.05) is 6.26 Å². The molecular formula is C13H26N2OS. The molecule has 0 aromatic heterocycles. The zero-order chi connectivity index (χ0) is 12.5. The highest BCUT2D eigenvalue weighted by molar-refractivity contribution is 7.96. The molecule has 1 N–H and O–H groups in total. The third-order valence-electron chi connectivity index (χ3n) is 3.31. The third-order valence-corrected chi connectivity index (χ3v) is 3.84. The van der Waals surface area contributed by atoms with Gasteiger partial charge in [0.15, 0.2) is 5.78 Å². The Labute approximate surface area is 110 Å². The van der Waals surface area contributed by atoms with Crippen LogP contribution in [0.4, 0.5) is 0 Å². The van der Waals surface area contributed by atoms with Crippen LogP contribution < -0.4 is 4.72 Å². The van der Waals surface area contributed by atoms with Crippen molar-refractivity contribution < 1.29 is 4.79 Å². The van der Waals surface area contributed by atoms with Crippen molar-refractivity contribution in [3.63, 3.8) is 0 Å². The number of piperidine rings is 1. The smallest absolute Gasteiger partial charge is 0.151 e. The lowest BCUT2D eigenvalue weighted by Gasteiger charge is -2.29. The van der Waals surface area contributed by atoms with Crippen LogP contribution in [-0.2, 0) is 4.79 Å². The first-order chi connectivity index (χ1) is 8.27. The second kappa shape index (κ2) is 8.95. The number of unbranched alkanes of at least 4 members (excludes halogenated alkanes) is 1. The van der Waals surface area contributed by atoms with Crippen LogP contribution in [0.5, 0.6) is 0 Å². The van der Waals surface area contributed by atoms with Crippen LogP contribution in [0.15, 0.2) is 0 Å². The summed E-state index contributed by atoms with van der Waals surface area (Å²) in [6.45, 7) is 5.35. The molecule has 1 saturated heterocycles. The average molecular weight is 258 g/mol. The fourth-order valence-electron chi connectivity index (χ4n) is 2.27. The molecule has 0 aromatic rings. The molecule has 100 valence electrons. The van der Waals surface area contributed by atoms with Gasteiger partial charge in [-0.3, -0.25) is 9.52 Å². The number of hydrogen-bond acceptors (Lipinski definition) is 4. The quantitative estimate of drug-likeness (QED) is 0.678. The summed E-state index contributed by atoms with van der Waals surface area (Å²) in [5.74, 6) is 0.381. The van der Waals surface area contributed by atoms with Crippen molar-refractivity contribution in [3.05, 3.63) is 0 Å². The van der Waals surface area contributed by atoms with E-state index in [-0.39, 0.29) is 6.04 Å². The molecule has 0 spiro atoms. The van der Waals surface area contributed by atoms with E-state index < -0.39 is 0 Å². The molecule has 1 atom stereocenters. The predicted molar refractivity (Wildman–Crippen MR) is 75.3 cm³/mol. The van der Waals surface area contributed by atoms with E-state index >= 15 is 0 Å². The molecule has 1 unspecified atom stereocenters. The predicted octanol–water partition coefficient (Wildman–Crippen LogP) is 2.47. The van der Waals surface area contributed by atoms with E-state index in [2.05, 4.69) is 16.5 Å². The lowest BCUT2D eigenvalue weighted by molar-refractivity contribution is -0.121. The van der Waals surface area contributed by atoms with E-state index in [0.29, 0.717) is 5.78 Å². The maximum Gasteiger partial charge on any atom is 0.151 e. The van der Waals surface area contributed by atoms with Crippen molar-refractivity contribution in [2.75, 3.05) is 25.9 Å². The minimum Gasteiger partial charge on any atom is -0.301 e. The molecule has 0 amide bonds. The highest BCUT2D eigenvalue weighted by Crippen LogP contribution is 2.11. The van der Waals surface area contributed by atoms with Gasteiger partial charge in [0, 0.05) is 13.0 Å². The molecule has 1 aliphatic heterocycles. The van der Waals surface area contributed by atoms with Gasteiger partial charge in [0.05, 0.1) is 6.04 Å². The normalized spacial score (nSPS) is 19.2. The number of carbonyl (C=O) groups is 1. The van der Waals surface area contributed by atoms with E-state index in [1.165, 1.54) is 19.3 Å². The number of hydrogen-bond donors (Lipinski definition) is 1. The van der Waals surface area contributed by atoms with Crippen LogP contribution in [0.25, 0.3) is 0 Å². The summed E-state index contributed by atoms with van der Waals surface area (Å²) in [6.07, 6.45) is 8.76. The highest BCUT2D eigenvalue weighted by Gasteiger charge is 2.21. The number of carbonyl (C=O) groups excluding carboxylic acids is 1. The van der Waals surface area contributed by atoms with Crippen LogP contribution in [0.2, 0.25) is 0 Å². The molecule has 4 heteroatoms. The molecule has 0 aliphatic carbocycles. The number of nitrogens with zero attached hydrogens (tertiary/aromatic N) is 1. The Kier molecular flexibility index (Phi) is 7.90. The average Bonchev–Trinajstić information content (AvgIpc) is 2.36. The topological polar surface area (TPSA) is 32.3 Å². The summed E-state index contributed by atoms with van der Waals surface area (Å²) in [4.78, 5) is 14.5. The van der Waals surface area contributed by atoms with E-state index in [1.54, 1.807) is 11.9 Å². The number of rotatable bonds is 8. The number of nitrogens with one attached hydrogen (secondary N) is 1. The first-order valence-corrected chi connectivity index (χ1v) is 8.04. The third kappa shape index (κ3) is 5.89. The SMILES string of the molecule is CCCCC(=O)C(CN1CCCCC1)NSC. The van der Waals surface area contributed by atoms with Crippen LogP contribution in [0.3, 0.4) is 0 Å². The van der Waals surface area contributed by atoms with E-state index in [0.717, 1.165) is 38.9 Å². The van der Waals surface area contributed by atoms with Crippen molar-refractivity contribution in [2.24, 2.45) is 0 Å². The number of ketones is 1. The van der Waals surface area contributed by atoms with Crippen molar-refractivity contribution in [1.82, 2.24) is 9.62 Å². The summed E-state index contributed by atoms with van der Waals surface area (Å²) in [6, 6.07) is 0.0228. The Morgan fingerprint density at radius 1 is 1.35 bits per heavy atom. The van der Waals surface area contributed by atoms with Crippen LogP contribution in [0, 0.1) is 0 Å². The van der Waals surface area contributed by atoms with Gasteiger partial charge >= 0.3 is 0 Å². The van der Waals surface area contributed by atoms with Crippen molar-refractivity contribution in [2.45, 2.75) is 51.5 Å². The van der Waals surface area contributed by atoms with Crippen LogP contribution >= 0.6 is 11.9 Å². The fraction of sp³-hybridized carbons (Fsp3) is 0.923. The molecule has 1 aliphatic rings. The molecule has 3 nitrogen and oxygen atoms in total. The molecule has 17 heavy (non-hydrogen) atoms. The minimum atomic E-state index is 0.0228. The second-order valence-corrected chi connectivity index (χ2v) is 5.45. The van der Waals surface area contributed by atoms with Gasteiger partial charge < -0.3 is 4.90 Å². The highest BCUT2D eigenvalue weighted by atomic mass is 32.2. The molecule has 0 aromatic carbocycles. The maximum absolute atomic E-state index is 12.1. The van der Waals surface area contributed by atoms with Gasteiger partial charge in [-0.1, -0.05) is 31.7 Å². The lowest BCUT2D eigenvalue weighted by atomic mass is 10.1. The second-order valence-electron chi connectivity index (χ2n) is 4.81. The van der Waals surface area contributed by atoms with Gasteiger partial charge in [0.25, 0.3) is 0 Å². The van der Waals surface area contributed by atoms with Gasteiger partial charge in [-0.15, -0.1) is 0 Å². The summed E-state index contributed by atoms with van der Waals surface area (Å²) in [7, 11) is 0. The zero-order valence-electron chi connectivity index (χ0n) is 11.2. The number of likely N-dealkylation sites (tertiary alicyclic amines) is 1. The molecule has 0 radical (unpaired) electrons. The maximum atomic E-state index is 12.1. The monoisotopic (exact) mass is 258 g/mol. The summed E-state index contributed by atoms with van der Waals surface area (Å²) in [5.41, 5.74) is 0. The lowest BCUT2D eigenvalue weighted by Crippen LogP contribution is -2.45. The molecule has 0 bridgehead atoms. The first kappa shape index (κ1) is 15.0. The summed E-state index contributed by atoms with van der Waals surface area (Å²) in [5, 5.41) is 0. The zero-order valence-corrected chi connectivity index (χ0v) is 12.0. The standard InChI is InChI=1S/C13H26N2OS/c1-3-4-8-13(16)12(14-17-2)11-15-9-6-5-7-10-15/h12,14H,3-11H2,1-2H3. The summed E-state index contributed by atoms with van der Waals surface area (Å²) >= 11 is 1.56. The molecule has 1 rings (SSSR count). The molecule has 1 fully saturated rings. The van der Waals surface area contributed by atoms with Gasteiger partial charge in [-0.2, -0.15) is 0 Å². The van der Waals surface area contributed by atoms with Gasteiger partial charge in [-0.25, -0.2) is 0 Å². The fourth-order valence-corrected chi connectivity index (χ4v) is 2.76. The van der Waals surface area contributed by atoms with Crippen LogP contribution in [-0.4, -0.2) is 42.6 Å². The van der Waals surface area contributed by atoms with Crippen molar-refractivity contribution in [1.29, 1.82) is 0 Å². The van der Waals surface area contributed by atoms with Crippen molar-refractivity contribution in [3.8, 4) is 0 Å². The summed E-state index contributed by atoms with van der Waals surface area (Å²) < 4.78 is 3.26. The van der Waals surface area contributed by atoms with Crippen LogP contribution in [0.1, 0.15) is 45.4 Å². The number of Topliss-reactive ketones (excluding diaryl/α,β-unsaturated/α-hetero) is 1. The molecule has 1 heterocycles. The van der Waals surface area contributed by atoms with Gasteiger partial charge in [-0.05, 0) is 38.6 Å².